The van der Waals surface area contributed by atoms with Gasteiger partial charge in [0.25, 0.3) is 0 Å². The van der Waals surface area contributed by atoms with E-state index < -0.39 is 0 Å². The summed E-state index contributed by atoms with van der Waals surface area (Å²) in [4.78, 5) is 18.3. The van der Waals surface area contributed by atoms with Crippen molar-refractivity contribution in [2.45, 2.75) is 32.2 Å². The number of piperidine rings is 1. The average Bonchev–Trinajstić information content (AvgIpc) is 2.41. The molecule has 1 atom stereocenters. The monoisotopic (exact) mass is 267 g/mol. The quantitative estimate of drug-likeness (QED) is 0.856. The molecule has 0 bridgehead atoms. The van der Waals surface area contributed by atoms with Gasteiger partial charge >= 0.3 is 0 Å². The fraction of sp³-hybridized carbons (Fsp3) is 0.538. The molecule has 4 nitrogen and oxygen atoms in total. The molecule has 98 valence electrons. The summed E-state index contributed by atoms with van der Waals surface area (Å²) in [6.45, 7) is 3.93. The van der Waals surface area contributed by atoms with Crippen molar-refractivity contribution in [3.05, 3.63) is 23.5 Å². The number of pyridine rings is 1. The SMILES string of the molecule is CC(C(=O)Nc1cccnc1Cl)N1CCCCC1. The number of carbonyl (C=O) groups is 1. The fourth-order valence-electron chi connectivity index (χ4n) is 2.19. The van der Waals surface area contributed by atoms with Crippen molar-refractivity contribution in [1.82, 2.24) is 9.88 Å². The number of hydrogen-bond donors (Lipinski definition) is 1. The van der Waals surface area contributed by atoms with Gasteiger partial charge in [0.1, 0.15) is 0 Å². The first-order chi connectivity index (χ1) is 8.68. The standard InChI is InChI=1S/C13H18ClN3O/c1-10(17-8-3-2-4-9-17)13(18)16-11-6-5-7-15-12(11)14/h5-7,10H,2-4,8-9H2,1H3,(H,16,18). The van der Waals surface area contributed by atoms with Crippen molar-refractivity contribution >= 4 is 23.2 Å². The van der Waals surface area contributed by atoms with E-state index in [4.69, 9.17) is 11.6 Å². The van der Waals surface area contributed by atoms with Gasteiger partial charge in [-0.25, -0.2) is 4.98 Å². The lowest BCUT2D eigenvalue weighted by Crippen LogP contribution is -2.44. The Kier molecular flexibility index (Phi) is 4.55. The molecular weight excluding hydrogens is 250 g/mol. The number of halogens is 1. The number of nitrogens with one attached hydrogen (secondary N) is 1. The number of amides is 1. The van der Waals surface area contributed by atoms with Gasteiger partial charge in [-0.3, -0.25) is 9.69 Å². The highest BCUT2D eigenvalue weighted by molar-refractivity contribution is 6.32. The smallest absolute Gasteiger partial charge is 0.241 e. The van der Waals surface area contributed by atoms with Crippen LogP contribution >= 0.6 is 11.6 Å². The Morgan fingerprint density at radius 3 is 2.83 bits per heavy atom. The molecule has 1 N–H and O–H groups in total. The van der Waals surface area contributed by atoms with Crippen molar-refractivity contribution in [3.8, 4) is 0 Å². The number of likely N-dealkylation sites (tertiary alicyclic amines) is 1. The second-order valence-electron chi connectivity index (χ2n) is 4.60. The Bertz CT molecular complexity index is 418. The summed E-state index contributed by atoms with van der Waals surface area (Å²) in [5.74, 6) is -0.0215. The lowest BCUT2D eigenvalue weighted by atomic mass is 10.1. The van der Waals surface area contributed by atoms with Crippen molar-refractivity contribution in [1.29, 1.82) is 0 Å². The number of nitrogens with zero attached hydrogens (tertiary/aromatic N) is 2. The van der Waals surface area contributed by atoms with Crippen LogP contribution in [0.1, 0.15) is 26.2 Å². The lowest BCUT2D eigenvalue weighted by Gasteiger charge is -2.31. The zero-order valence-electron chi connectivity index (χ0n) is 10.5. The van der Waals surface area contributed by atoms with Gasteiger partial charge in [-0.2, -0.15) is 0 Å². The van der Waals surface area contributed by atoms with Crippen LogP contribution in [-0.2, 0) is 4.79 Å². The minimum Gasteiger partial charge on any atom is -0.322 e. The molecular formula is C13H18ClN3O. The summed E-state index contributed by atoms with van der Waals surface area (Å²) in [6.07, 6.45) is 5.21. The maximum absolute atomic E-state index is 12.1. The second kappa shape index (κ2) is 6.16. The van der Waals surface area contributed by atoms with Crippen LogP contribution < -0.4 is 5.32 Å². The van der Waals surface area contributed by atoms with E-state index in [0.717, 1.165) is 13.1 Å². The van der Waals surface area contributed by atoms with Crippen molar-refractivity contribution in [2.75, 3.05) is 18.4 Å². The van der Waals surface area contributed by atoms with Crippen LogP contribution in [-0.4, -0.2) is 34.9 Å². The van der Waals surface area contributed by atoms with Crippen molar-refractivity contribution in [2.24, 2.45) is 0 Å². The number of rotatable bonds is 3. The van der Waals surface area contributed by atoms with Crippen molar-refractivity contribution in [3.63, 3.8) is 0 Å². The molecule has 2 rings (SSSR count). The van der Waals surface area contributed by atoms with Crippen LogP contribution in [0.4, 0.5) is 5.69 Å². The average molecular weight is 268 g/mol. The second-order valence-corrected chi connectivity index (χ2v) is 4.96. The summed E-state index contributed by atoms with van der Waals surface area (Å²) in [5.41, 5.74) is 0.577. The van der Waals surface area contributed by atoms with E-state index >= 15 is 0 Å². The fourth-order valence-corrected chi connectivity index (χ4v) is 2.35. The number of hydrogen-bond acceptors (Lipinski definition) is 3. The van der Waals surface area contributed by atoms with Gasteiger partial charge in [-0.05, 0) is 45.0 Å². The molecule has 1 aliphatic rings. The third kappa shape index (κ3) is 3.21. The number of aromatic nitrogens is 1. The molecule has 0 aliphatic carbocycles. The van der Waals surface area contributed by atoms with Crippen LogP contribution in [0.3, 0.4) is 0 Å². The largest absolute Gasteiger partial charge is 0.322 e. The predicted octanol–water partition coefficient (Wildman–Crippen LogP) is 2.55. The molecule has 1 aliphatic heterocycles. The van der Waals surface area contributed by atoms with E-state index in [-0.39, 0.29) is 11.9 Å². The third-order valence-electron chi connectivity index (χ3n) is 3.33. The van der Waals surface area contributed by atoms with Crippen LogP contribution in [0.15, 0.2) is 18.3 Å². The van der Waals surface area contributed by atoms with Gasteiger partial charge in [0.2, 0.25) is 5.91 Å². The molecule has 0 spiro atoms. The van der Waals surface area contributed by atoms with E-state index in [0.29, 0.717) is 10.8 Å². The van der Waals surface area contributed by atoms with E-state index in [1.807, 2.05) is 6.92 Å². The van der Waals surface area contributed by atoms with E-state index in [1.165, 1.54) is 19.3 Å². The van der Waals surface area contributed by atoms with Crippen LogP contribution in [0.5, 0.6) is 0 Å². The van der Waals surface area contributed by atoms with Gasteiger partial charge in [0.15, 0.2) is 5.15 Å². The molecule has 1 aromatic heterocycles. The summed E-state index contributed by atoms with van der Waals surface area (Å²) >= 11 is 5.92. The topological polar surface area (TPSA) is 45.2 Å². The normalized spacial score (nSPS) is 18.3. The molecule has 5 heteroatoms. The molecule has 1 aromatic rings. The highest BCUT2D eigenvalue weighted by Gasteiger charge is 2.23. The van der Waals surface area contributed by atoms with E-state index in [9.17, 15) is 4.79 Å². The molecule has 0 aromatic carbocycles. The first-order valence-electron chi connectivity index (χ1n) is 6.34. The predicted molar refractivity (Wildman–Crippen MR) is 72.8 cm³/mol. The first kappa shape index (κ1) is 13.3. The highest BCUT2D eigenvalue weighted by Crippen LogP contribution is 2.19. The molecule has 0 saturated carbocycles. The van der Waals surface area contributed by atoms with E-state index in [2.05, 4.69) is 15.2 Å². The summed E-state index contributed by atoms with van der Waals surface area (Å²) in [5, 5.41) is 3.16. The van der Waals surface area contributed by atoms with Crippen LogP contribution in [0.25, 0.3) is 0 Å². The zero-order chi connectivity index (χ0) is 13.0. The maximum Gasteiger partial charge on any atom is 0.241 e. The van der Waals surface area contributed by atoms with Gasteiger partial charge in [0.05, 0.1) is 11.7 Å². The summed E-state index contributed by atoms with van der Waals surface area (Å²) in [6, 6.07) is 3.39. The zero-order valence-corrected chi connectivity index (χ0v) is 11.3. The van der Waals surface area contributed by atoms with Gasteiger partial charge in [-0.15, -0.1) is 0 Å². The Labute approximate surface area is 112 Å². The van der Waals surface area contributed by atoms with Crippen molar-refractivity contribution < 1.29 is 4.79 Å². The van der Waals surface area contributed by atoms with Crippen LogP contribution in [0, 0.1) is 0 Å². The Morgan fingerprint density at radius 2 is 2.17 bits per heavy atom. The third-order valence-corrected chi connectivity index (χ3v) is 3.64. The van der Waals surface area contributed by atoms with E-state index in [1.54, 1.807) is 18.3 Å². The Hall–Kier alpha value is -1.13. The molecule has 2 heterocycles. The maximum atomic E-state index is 12.1. The Balaban J connectivity index is 1.97. The highest BCUT2D eigenvalue weighted by atomic mass is 35.5. The molecule has 18 heavy (non-hydrogen) atoms. The molecule has 1 unspecified atom stereocenters. The minimum atomic E-state index is -0.124. The summed E-state index contributed by atoms with van der Waals surface area (Å²) in [7, 11) is 0. The summed E-state index contributed by atoms with van der Waals surface area (Å²) < 4.78 is 0. The number of carbonyl (C=O) groups excluding carboxylic acids is 1. The number of anilines is 1. The van der Waals surface area contributed by atoms with Gasteiger partial charge in [0, 0.05) is 6.20 Å². The molecule has 1 amide bonds. The van der Waals surface area contributed by atoms with Gasteiger partial charge in [-0.1, -0.05) is 18.0 Å². The van der Waals surface area contributed by atoms with Crippen LogP contribution in [0.2, 0.25) is 5.15 Å². The first-order valence-corrected chi connectivity index (χ1v) is 6.71. The minimum absolute atomic E-state index is 0.0215. The Morgan fingerprint density at radius 1 is 1.44 bits per heavy atom. The lowest BCUT2D eigenvalue weighted by molar-refractivity contribution is -0.121. The van der Waals surface area contributed by atoms with Gasteiger partial charge < -0.3 is 5.32 Å². The molecule has 1 fully saturated rings. The molecule has 0 radical (unpaired) electrons. The molecule has 1 saturated heterocycles.